The molecule has 2 aliphatic rings. The van der Waals surface area contributed by atoms with E-state index in [1.54, 1.807) is 24.3 Å². The summed E-state index contributed by atoms with van der Waals surface area (Å²) in [5.74, 6) is -0.0412. The van der Waals surface area contributed by atoms with E-state index in [0.29, 0.717) is 11.6 Å². The van der Waals surface area contributed by atoms with E-state index in [1.165, 1.54) is 0 Å². The van der Waals surface area contributed by atoms with Crippen LogP contribution in [0.5, 0.6) is 0 Å². The molecule has 0 spiro atoms. The van der Waals surface area contributed by atoms with Gasteiger partial charge in [0.2, 0.25) is 5.91 Å². The third-order valence-electron chi connectivity index (χ3n) is 3.70. The maximum Gasteiger partial charge on any atom is 0.251 e. The Labute approximate surface area is 118 Å². The summed E-state index contributed by atoms with van der Waals surface area (Å²) in [4.78, 5) is 23.8. The van der Waals surface area contributed by atoms with Gasteiger partial charge < -0.3 is 16.0 Å². The van der Waals surface area contributed by atoms with Crippen molar-refractivity contribution in [3.05, 3.63) is 29.8 Å². The summed E-state index contributed by atoms with van der Waals surface area (Å²) in [7, 11) is 0. The van der Waals surface area contributed by atoms with Gasteiger partial charge in [0.15, 0.2) is 0 Å². The summed E-state index contributed by atoms with van der Waals surface area (Å²) in [5, 5.41) is 8.97. The number of benzene rings is 1. The van der Waals surface area contributed by atoms with Crippen molar-refractivity contribution in [3.8, 4) is 0 Å². The lowest BCUT2D eigenvalue weighted by Crippen LogP contribution is -2.35. The molecule has 1 saturated carbocycles. The molecule has 3 N–H and O–H groups in total. The predicted octanol–water partition coefficient (Wildman–Crippen LogP) is 1.27. The Morgan fingerprint density at radius 2 is 1.85 bits per heavy atom. The fraction of sp³-hybridized carbons (Fsp3) is 0.467. The van der Waals surface area contributed by atoms with Gasteiger partial charge >= 0.3 is 0 Å². The normalized spacial score (nSPS) is 21.5. The van der Waals surface area contributed by atoms with Gasteiger partial charge in [-0.05, 0) is 56.5 Å². The lowest BCUT2D eigenvalue weighted by molar-refractivity contribution is -0.117. The van der Waals surface area contributed by atoms with Crippen molar-refractivity contribution in [2.24, 2.45) is 0 Å². The van der Waals surface area contributed by atoms with Gasteiger partial charge in [-0.2, -0.15) is 0 Å². The van der Waals surface area contributed by atoms with E-state index in [4.69, 9.17) is 0 Å². The Hall–Kier alpha value is -1.88. The van der Waals surface area contributed by atoms with Crippen LogP contribution in [0.15, 0.2) is 24.3 Å². The predicted molar refractivity (Wildman–Crippen MR) is 76.6 cm³/mol. The minimum absolute atomic E-state index is 0.00215. The monoisotopic (exact) mass is 273 g/mol. The van der Waals surface area contributed by atoms with Crippen LogP contribution in [0, 0.1) is 0 Å². The molecule has 5 nitrogen and oxygen atoms in total. The van der Waals surface area contributed by atoms with E-state index in [0.717, 1.165) is 37.9 Å². The first-order valence-electron chi connectivity index (χ1n) is 7.17. The van der Waals surface area contributed by atoms with E-state index >= 15 is 0 Å². The summed E-state index contributed by atoms with van der Waals surface area (Å²) in [6, 6.07) is 7.30. The zero-order valence-electron chi connectivity index (χ0n) is 11.3. The molecule has 1 saturated heterocycles. The molecular formula is C15H19N3O2. The van der Waals surface area contributed by atoms with Crippen molar-refractivity contribution in [2.75, 3.05) is 11.9 Å². The molecule has 5 heteroatoms. The zero-order valence-corrected chi connectivity index (χ0v) is 11.3. The Kier molecular flexibility index (Phi) is 3.69. The highest BCUT2D eigenvalue weighted by Gasteiger charge is 2.24. The van der Waals surface area contributed by atoms with Gasteiger partial charge in [0, 0.05) is 17.3 Å². The van der Waals surface area contributed by atoms with Crippen LogP contribution in [0.2, 0.25) is 0 Å². The Bertz CT molecular complexity index is 502. The largest absolute Gasteiger partial charge is 0.349 e. The Balaban J connectivity index is 1.57. The quantitative estimate of drug-likeness (QED) is 0.773. The van der Waals surface area contributed by atoms with Crippen molar-refractivity contribution in [1.82, 2.24) is 10.6 Å². The summed E-state index contributed by atoms with van der Waals surface area (Å²) in [6.45, 7) is 0.901. The second-order valence-electron chi connectivity index (χ2n) is 5.46. The molecule has 20 heavy (non-hydrogen) atoms. The Morgan fingerprint density at radius 1 is 1.10 bits per heavy atom. The number of nitrogens with one attached hydrogen (secondary N) is 3. The van der Waals surface area contributed by atoms with Crippen molar-refractivity contribution < 1.29 is 9.59 Å². The average Bonchev–Trinajstić information content (AvgIpc) is 3.08. The molecule has 0 bridgehead atoms. The molecule has 1 unspecified atom stereocenters. The smallest absolute Gasteiger partial charge is 0.251 e. The van der Waals surface area contributed by atoms with Crippen LogP contribution in [0.4, 0.5) is 5.69 Å². The molecule has 1 aliphatic heterocycles. The van der Waals surface area contributed by atoms with E-state index in [9.17, 15) is 9.59 Å². The van der Waals surface area contributed by atoms with Crippen molar-refractivity contribution in [3.63, 3.8) is 0 Å². The van der Waals surface area contributed by atoms with Gasteiger partial charge in [0.25, 0.3) is 5.91 Å². The van der Waals surface area contributed by atoms with Crippen molar-refractivity contribution >= 4 is 17.5 Å². The van der Waals surface area contributed by atoms with Gasteiger partial charge in [-0.25, -0.2) is 0 Å². The van der Waals surface area contributed by atoms with Gasteiger partial charge in [-0.1, -0.05) is 0 Å². The second kappa shape index (κ2) is 5.63. The van der Waals surface area contributed by atoms with Crippen LogP contribution in [-0.4, -0.2) is 30.4 Å². The van der Waals surface area contributed by atoms with Crippen LogP contribution in [0.3, 0.4) is 0 Å². The van der Waals surface area contributed by atoms with Crippen molar-refractivity contribution in [1.29, 1.82) is 0 Å². The zero-order chi connectivity index (χ0) is 13.9. The Morgan fingerprint density at radius 3 is 2.45 bits per heavy atom. The lowest BCUT2D eigenvalue weighted by Gasteiger charge is -2.11. The van der Waals surface area contributed by atoms with Gasteiger partial charge in [0.05, 0.1) is 6.04 Å². The highest BCUT2D eigenvalue weighted by Crippen LogP contribution is 2.19. The van der Waals surface area contributed by atoms with E-state index in [-0.39, 0.29) is 17.9 Å². The molecule has 0 radical (unpaired) electrons. The number of anilines is 1. The van der Waals surface area contributed by atoms with Crippen LogP contribution in [0.1, 0.15) is 36.0 Å². The highest BCUT2D eigenvalue weighted by molar-refractivity contribution is 5.97. The maximum absolute atomic E-state index is 11.9. The van der Waals surface area contributed by atoms with Crippen molar-refractivity contribution in [2.45, 2.75) is 37.8 Å². The fourth-order valence-electron chi connectivity index (χ4n) is 2.34. The molecular weight excluding hydrogens is 254 g/mol. The first kappa shape index (κ1) is 13.1. The molecule has 1 aromatic rings. The van der Waals surface area contributed by atoms with Gasteiger partial charge in [-0.3, -0.25) is 9.59 Å². The van der Waals surface area contributed by atoms with Crippen LogP contribution in [0.25, 0.3) is 0 Å². The fourth-order valence-corrected chi connectivity index (χ4v) is 2.34. The first-order chi connectivity index (χ1) is 9.72. The molecule has 2 amide bonds. The summed E-state index contributed by atoms with van der Waals surface area (Å²) < 4.78 is 0. The highest BCUT2D eigenvalue weighted by atomic mass is 16.2. The molecule has 1 atom stereocenters. The molecule has 1 aliphatic carbocycles. The third-order valence-corrected chi connectivity index (χ3v) is 3.70. The molecule has 2 fully saturated rings. The van der Waals surface area contributed by atoms with E-state index in [1.807, 2.05) is 0 Å². The number of carbonyl (C=O) groups is 2. The van der Waals surface area contributed by atoms with E-state index < -0.39 is 0 Å². The standard InChI is InChI=1S/C15H19N3O2/c19-14(17-12-7-8-12)10-3-5-11(6-4-10)18-15(20)13-2-1-9-16-13/h3-6,12-13,16H,1-2,7-9H2,(H,17,19)(H,18,20). The lowest BCUT2D eigenvalue weighted by atomic mass is 10.1. The SMILES string of the molecule is O=C(NC1CC1)c1ccc(NC(=O)C2CCCN2)cc1. The second-order valence-corrected chi connectivity index (χ2v) is 5.46. The van der Waals surface area contributed by atoms with Gasteiger partial charge in [-0.15, -0.1) is 0 Å². The number of hydrogen-bond donors (Lipinski definition) is 3. The topological polar surface area (TPSA) is 70.2 Å². The minimum Gasteiger partial charge on any atom is -0.349 e. The van der Waals surface area contributed by atoms with Gasteiger partial charge in [0.1, 0.15) is 0 Å². The molecule has 106 valence electrons. The molecule has 1 aromatic carbocycles. The molecule has 3 rings (SSSR count). The summed E-state index contributed by atoms with van der Waals surface area (Å²) in [6.07, 6.45) is 4.08. The van der Waals surface area contributed by atoms with Crippen LogP contribution < -0.4 is 16.0 Å². The van der Waals surface area contributed by atoms with Crippen LogP contribution >= 0.6 is 0 Å². The number of hydrogen-bond acceptors (Lipinski definition) is 3. The summed E-state index contributed by atoms with van der Waals surface area (Å²) >= 11 is 0. The average molecular weight is 273 g/mol. The molecule has 1 heterocycles. The summed E-state index contributed by atoms with van der Waals surface area (Å²) in [5.41, 5.74) is 1.36. The van der Waals surface area contributed by atoms with E-state index in [2.05, 4.69) is 16.0 Å². The maximum atomic E-state index is 11.9. The molecule has 0 aromatic heterocycles. The number of amides is 2. The minimum atomic E-state index is -0.0900. The number of carbonyl (C=O) groups excluding carboxylic acids is 2. The number of rotatable bonds is 4. The third kappa shape index (κ3) is 3.17. The first-order valence-corrected chi connectivity index (χ1v) is 7.17. The van der Waals surface area contributed by atoms with Crippen LogP contribution in [-0.2, 0) is 4.79 Å².